The first-order valence-electron chi connectivity index (χ1n) is 5.62. The summed E-state index contributed by atoms with van der Waals surface area (Å²) in [4.78, 5) is 2.46. The predicted molar refractivity (Wildman–Crippen MR) is 58.9 cm³/mol. The van der Waals surface area contributed by atoms with E-state index in [9.17, 15) is 0 Å². The highest BCUT2D eigenvalue weighted by atomic mass is 15.1. The fourth-order valence-electron chi connectivity index (χ4n) is 2.39. The van der Waals surface area contributed by atoms with Crippen LogP contribution in [0.25, 0.3) is 0 Å². The normalized spacial score (nSPS) is 28.2. The van der Waals surface area contributed by atoms with Gasteiger partial charge >= 0.3 is 0 Å². The standard InChI is InChI=1S/C12H23N/c1-4-6-11-8-12(7-5-2)10-13(3)9-11/h6,12H,4-5,7-10H2,1-3H3/b11-6+. The molecular weight excluding hydrogens is 158 g/mol. The van der Waals surface area contributed by atoms with Crippen LogP contribution < -0.4 is 0 Å². The van der Waals surface area contributed by atoms with Gasteiger partial charge in [-0.15, -0.1) is 0 Å². The molecule has 0 aliphatic carbocycles. The Balaban J connectivity index is 2.47. The van der Waals surface area contributed by atoms with Gasteiger partial charge < -0.3 is 4.90 Å². The highest BCUT2D eigenvalue weighted by Gasteiger charge is 2.19. The minimum Gasteiger partial charge on any atom is -0.302 e. The summed E-state index contributed by atoms with van der Waals surface area (Å²) >= 11 is 0. The number of allylic oxidation sites excluding steroid dienone is 1. The van der Waals surface area contributed by atoms with Gasteiger partial charge in [0.2, 0.25) is 0 Å². The van der Waals surface area contributed by atoms with E-state index in [4.69, 9.17) is 0 Å². The summed E-state index contributed by atoms with van der Waals surface area (Å²) in [6, 6.07) is 0. The van der Waals surface area contributed by atoms with Crippen LogP contribution in [0.1, 0.15) is 39.5 Å². The Morgan fingerprint density at radius 1 is 1.46 bits per heavy atom. The second-order valence-electron chi connectivity index (χ2n) is 4.33. The summed E-state index contributed by atoms with van der Waals surface area (Å²) in [5, 5.41) is 0. The first kappa shape index (κ1) is 10.8. The molecule has 0 bridgehead atoms. The van der Waals surface area contributed by atoms with Crippen LogP contribution in [-0.2, 0) is 0 Å². The Labute approximate surface area is 82.8 Å². The predicted octanol–water partition coefficient (Wildman–Crippen LogP) is 3.07. The van der Waals surface area contributed by atoms with Gasteiger partial charge in [0.25, 0.3) is 0 Å². The molecule has 1 aliphatic heterocycles. The summed E-state index contributed by atoms with van der Waals surface area (Å²) < 4.78 is 0. The molecule has 0 radical (unpaired) electrons. The quantitative estimate of drug-likeness (QED) is 0.605. The zero-order chi connectivity index (χ0) is 9.68. The maximum Gasteiger partial charge on any atom is 0.0190 e. The minimum absolute atomic E-state index is 0.918. The van der Waals surface area contributed by atoms with E-state index >= 15 is 0 Å². The number of piperidine rings is 1. The fraction of sp³-hybridized carbons (Fsp3) is 0.833. The maximum absolute atomic E-state index is 2.46. The number of rotatable bonds is 3. The van der Waals surface area contributed by atoms with Crippen molar-refractivity contribution in [2.45, 2.75) is 39.5 Å². The molecule has 1 nitrogen and oxygen atoms in total. The second-order valence-corrected chi connectivity index (χ2v) is 4.33. The van der Waals surface area contributed by atoms with Crippen molar-refractivity contribution in [3.8, 4) is 0 Å². The lowest BCUT2D eigenvalue weighted by Crippen LogP contribution is -2.33. The smallest absolute Gasteiger partial charge is 0.0190 e. The van der Waals surface area contributed by atoms with Crippen LogP contribution in [0.3, 0.4) is 0 Å². The van der Waals surface area contributed by atoms with Crippen molar-refractivity contribution in [3.05, 3.63) is 11.6 Å². The lowest BCUT2D eigenvalue weighted by Gasteiger charge is -2.31. The monoisotopic (exact) mass is 181 g/mol. The van der Waals surface area contributed by atoms with E-state index in [2.05, 4.69) is 31.9 Å². The second kappa shape index (κ2) is 5.43. The fourth-order valence-corrected chi connectivity index (χ4v) is 2.39. The molecule has 1 atom stereocenters. The molecule has 0 aromatic carbocycles. The molecule has 76 valence electrons. The minimum atomic E-state index is 0.918. The van der Waals surface area contributed by atoms with Crippen LogP contribution >= 0.6 is 0 Å². The lowest BCUT2D eigenvalue weighted by atomic mass is 9.90. The highest BCUT2D eigenvalue weighted by Crippen LogP contribution is 2.24. The van der Waals surface area contributed by atoms with Gasteiger partial charge in [-0.25, -0.2) is 0 Å². The SMILES string of the molecule is CC/C=C1\CC(CCC)CN(C)C1. The molecule has 1 aliphatic rings. The van der Waals surface area contributed by atoms with E-state index in [0.29, 0.717) is 0 Å². The van der Waals surface area contributed by atoms with Gasteiger partial charge in [-0.3, -0.25) is 0 Å². The number of hydrogen-bond acceptors (Lipinski definition) is 1. The van der Waals surface area contributed by atoms with Crippen LogP contribution in [0.2, 0.25) is 0 Å². The Kier molecular flexibility index (Phi) is 4.51. The molecule has 0 aromatic rings. The van der Waals surface area contributed by atoms with Crippen LogP contribution in [0, 0.1) is 5.92 Å². The molecule has 0 saturated carbocycles. The molecule has 0 aromatic heterocycles. The average Bonchev–Trinajstić information content (AvgIpc) is 2.04. The summed E-state index contributed by atoms with van der Waals surface area (Å²) in [6.45, 7) is 7.02. The van der Waals surface area contributed by atoms with Crippen molar-refractivity contribution in [3.63, 3.8) is 0 Å². The molecular formula is C12H23N. The summed E-state index contributed by atoms with van der Waals surface area (Å²) in [5.74, 6) is 0.918. The maximum atomic E-state index is 2.46. The van der Waals surface area contributed by atoms with Crippen LogP contribution in [-0.4, -0.2) is 25.0 Å². The van der Waals surface area contributed by atoms with Crippen molar-refractivity contribution >= 4 is 0 Å². The van der Waals surface area contributed by atoms with E-state index in [1.165, 1.54) is 38.8 Å². The van der Waals surface area contributed by atoms with Gasteiger partial charge in [-0.1, -0.05) is 31.9 Å². The van der Waals surface area contributed by atoms with Gasteiger partial charge in [0.05, 0.1) is 0 Å². The van der Waals surface area contributed by atoms with Gasteiger partial charge in [0, 0.05) is 13.1 Å². The number of likely N-dealkylation sites (N-methyl/N-ethyl adjacent to an activating group) is 1. The molecule has 1 heteroatoms. The van der Waals surface area contributed by atoms with Crippen molar-refractivity contribution < 1.29 is 0 Å². The van der Waals surface area contributed by atoms with Crippen LogP contribution in [0.15, 0.2) is 11.6 Å². The lowest BCUT2D eigenvalue weighted by molar-refractivity contribution is 0.242. The molecule has 1 rings (SSSR count). The summed E-state index contributed by atoms with van der Waals surface area (Å²) in [5.41, 5.74) is 1.66. The molecule has 1 fully saturated rings. The van der Waals surface area contributed by atoms with Gasteiger partial charge in [0.15, 0.2) is 0 Å². The van der Waals surface area contributed by atoms with E-state index in [-0.39, 0.29) is 0 Å². The van der Waals surface area contributed by atoms with Gasteiger partial charge in [0.1, 0.15) is 0 Å². The van der Waals surface area contributed by atoms with E-state index in [1.54, 1.807) is 5.57 Å². The van der Waals surface area contributed by atoms with Crippen molar-refractivity contribution in [1.29, 1.82) is 0 Å². The first-order valence-corrected chi connectivity index (χ1v) is 5.62. The average molecular weight is 181 g/mol. The van der Waals surface area contributed by atoms with E-state index < -0.39 is 0 Å². The Bertz CT molecular complexity index is 172. The van der Waals surface area contributed by atoms with Crippen LogP contribution in [0.5, 0.6) is 0 Å². The summed E-state index contributed by atoms with van der Waals surface area (Å²) in [7, 11) is 2.24. The van der Waals surface area contributed by atoms with Crippen molar-refractivity contribution in [2.75, 3.05) is 20.1 Å². The third-order valence-electron chi connectivity index (χ3n) is 2.78. The topological polar surface area (TPSA) is 3.24 Å². The molecule has 1 saturated heterocycles. The Morgan fingerprint density at radius 2 is 2.23 bits per heavy atom. The van der Waals surface area contributed by atoms with Crippen LogP contribution in [0.4, 0.5) is 0 Å². The number of nitrogens with zero attached hydrogens (tertiary/aromatic N) is 1. The van der Waals surface area contributed by atoms with Crippen molar-refractivity contribution in [2.24, 2.45) is 5.92 Å². The summed E-state index contributed by atoms with van der Waals surface area (Å²) in [6.07, 6.45) is 7.69. The van der Waals surface area contributed by atoms with Gasteiger partial charge in [-0.2, -0.15) is 0 Å². The third kappa shape index (κ3) is 3.51. The molecule has 0 amide bonds. The Morgan fingerprint density at radius 3 is 2.85 bits per heavy atom. The highest BCUT2D eigenvalue weighted by molar-refractivity contribution is 5.08. The van der Waals surface area contributed by atoms with Gasteiger partial charge in [-0.05, 0) is 32.2 Å². The number of likely N-dealkylation sites (tertiary alicyclic amines) is 1. The molecule has 1 unspecified atom stereocenters. The Hall–Kier alpha value is -0.300. The van der Waals surface area contributed by atoms with E-state index in [1.807, 2.05) is 0 Å². The third-order valence-corrected chi connectivity index (χ3v) is 2.78. The van der Waals surface area contributed by atoms with E-state index in [0.717, 1.165) is 5.92 Å². The molecule has 0 spiro atoms. The zero-order valence-electron chi connectivity index (χ0n) is 9.34. The molecule has 0 N–H and O–H groups in total. The zero-order valence-corrected chi connectivity index (χ0v) is 9.34. The molecule has 1 heterocycles. The van der Waals surface area contributed by atoms with Crippen molar-refractivity contribution in [1.82, 2.24) is 4.90 Å². The largest absolute Gasteiger partial charge is 0.302 e. The molecule has 13 heavy (non-hydrogen) atoms. The number of hydrogen-bond donors (Lipinski definition) is 0. The first-order chi connectivity index (χ1) is 6.26.